The van der Waals surface area contributed by atoms with E-state index in [9.17, 15) is 15.3 Å². The maximum atomic E-state index is 11.1. The molecule has 3 N–H and O–H groups in total. The summed E-state index contributed by atoms with van der Waals surface area (Å²) in [6, 6.07) is 0. The summed E-state index contributed by atoms with van der Waals surface area (Å²) < 4.78 is 0. The fraction of sp³-hybridized carbons (Fsp3) is 0.900. The molecule has 0 aliphatic heterocycles. The quantitative estimate of drug-likeness (QED) is 0.692. The summed E-state index contributed by atoms with van der Waals surface area (Å²) in [5.74, 6) is 0.532. The van der Waals surface area contributed by atoms with Crippen molar-refractivity contribution < 1.29 is 15.3 Å². The van der Waals surface area contributed by atoms with E-state index in [-0.39, 0.29) is 22.9 Å². The molecule has 2 aliphatic carbocycles. The number of aliphatic hydroxyl groups is 3. The number of fused-ring (bicyclic) bond motifs is 1. The average molecular weight is 325 g/mol. The Morgan fingerprint density at radius 2 is 1.78 bits per heavy atom. The van der Waals surface area contributed by atoms with Crippen molar-refractivity contribution in [3.8, 4) is 0 Å². The molecule has 2 saturated carbocycles. The largest absolute Gasteiger partial charge is 0.393 e. The van der Waals surface area contributed by atoms with Crippen molar-refractivity contribution in [3.05, 3.63) is 12.7 Å². The Morgan fingerprint density at radius 3 is 2.35 bits per heavy atom. The highest BCUT2D eigenvalue weighted by Crippen LogP contribution is 2.63. The van der Waals surface area contributed by atoms with Crippen LogP contribution in [0.4, 0.5) is 0 Å². The topological polar surface area (TPSA) is 60.7 Å². The standard InChI is InChI=1S/C20H36O3/c1-7-18(4,22)11-8-15-19(5)12-10-16(21)17(2,3)14(19)9-13-20(15,6)23/h7,14-16,21-23H,1,8-13H2,2-6H3/t14?,15-,16+,18+,19+,20-/m1/s1. The van der Waals surface area contributed by atoms with E-state index in [2.05, 4.69) is 27.4 Å². The van der Waals surface area contributed by atoms with Crippen LogP contribution in [0.25, 0.3) is 0 Å². The van der Waals surface area contributed by atoms with Crippen LogP contribution in [0.1, 0.15) is 73.1 Å². The maximum Gasteiger partial charge on any atom is 0.0797 e. The first-order valence-corrected chi connectivity index (χ1v) is 9.13. The minimum Gasteiger partial charge on any atom is -0.393 e. The molecule has 3 nitrogen and oxygen atoms in total. The van der Waals surface area contributed by atoms with Gasteiger partial charge in [0, 0.05) is 0 Å². The molecule has 0 bridgehead atoms. The van der Waals surface area contributed by atoms with Crippen molar-refractivity contribution in [1.82, 2.24) is 0 Å². The second-order valence-electron chi connectivity index (χ2n) is 9.48. The Hall–Kier alpha value is -0.380. The molecule has 2 rings (SSSR count). The van der Waals surface area contributed by atoms with Crippen molar-refractivity contribution in [1.29, 1.82) is 0 Å². The summed E-state index contributed by atoms with van der Waals surface area (Å²) in [7, 11) is 0. The Kier molecular flexibility index (Phi) is 4.83. The van der Waals surface area contributed by atoms with E-state index in [1.165, 1.54) is 0 Å². The van der Waals surface area contributed by atoms with Crippen LogP contribution < -0.4 is 0 Å². The van der Waals surface area contributed by atoms with Crippen LogP contribution in [0.15, 0.2) is 12.7 Å². The highest BCUT2D eigenvalue weighted by molar-refractivity contribution is 5.10. The van der Waals surface area contributed by atoms with Crippen molar-refractivity contribution >= 4 is 0 Å². The molecule has 2 fully saturated rings. The van der Waals surface area contributed by atoms with Gasteiger partial charge in [-0.05, 0) is 75.0 Å². The molecule has 0 aromatic heterocycles. The molecule has 0 heterocycles. The lowest BCUT2D eigenvalue weighted by Gasteiger charge is -2.62. The lowest BCUT2D eigenvalue weighted by Crippen LogP contribution is -2.60. The molecule has 1 unspecified atom stereocenters. The van der Waals surface area contributed by atoms with E-state index in [4.69, 9.17) is 0 Å². The predicted octanol–water partition coefficient (Wildman–Crippen LogP) is 3.67. The molecule has 0 aromatic rings. The summed E-state index contributed by atoms with van der Waals surface area (Å²) >= 11 is 0. The van der Waals surface area contributed by atoms with Gasteiger partial charge in [-0.15, -0.1) is 6.58 Å². The van der Waals surface area contributed by atoms with Crippen LogP contribution in [-0.2, 0) is 0 Å². The third kappa shape index (κ3) is 3.25. The highest BCUT2D eigenvalue weighted by Gasteiger charge is 2.59. The highest BCUT2D eigenvalue weighted by atomic mass is 16.3. The zero-order valence-electron chi connectivity index (χ0n) is 15.6. The van der Waals surface area contributed by atoms with Crippen LogP contribution in [0.3, 0.4) is 0 Å². The van der Waals surface area contributed by atoms with Crippen LogP contribution in [0.5, 0.6) is 0 Å². The minimum absolute atomic E-state index is 0.00172. The molecule has 0 spiro atoms. The van der Waals surface area contributed by atoms with Gasteiger partial charge in [-0.25, -0.2) is 0 Å². The Labute approximate surface area is 141 Å². The molecular formula is C20H36O3. The van der Waals surface area contributed by atoms with Gasteiger partial charge in [0.15, 0.2) is 0 Å². The molecule has 0 amide bonds. The molecule has 23 heavy (non-hydrogen) atoms. The fourth-order valence-electron chi connectivity index (χ4n) is 5.70. The molecule has 0 aromatic carbocycles. The number of hydrogen-bond acceptors (Lipinski definition) is 3. The van der Waals surface area contributed by atoms with Crippen molar-refractivity contribution in [2.45, 2.75) is 90.4 Å². The third-order valence-electron chi connectivity index (χ3n) is 7.37. The zero-order chi connectivity index (χ0) is 17.7. The van der Waals surface area contributed by atoms with Crippen molar-refractivity contribution in [2.24, 2.45) is 22.7 Å². The van der Waals surface area contributed by atoms with Gasteiger partial charge in [0.1, 0.15) is 0 Å². The first-order valence-electron chi connectivity index (χ1n) is 9.13. The summed E-state index contributed by atoms with van der Waals surface area (Å²) in [6.07, 6.45) is 6.20. The molecule has 0 saturated heterocycles. The monoisotopic (exact) mass is 324 g/mol. The van der Waals surface area contributed by atoms with Gasteiger partial charge in [0.05, 0.1) is 17.3 Å². The van der Waals surface area contributed by atoms with Crippen molar-refractivity contribution in [3.63, 3.8) is 0 Å². The SMILES string of the molecule is C=C[C@](C)(O)CC[C@@H]1[C@@]2(C)CC[C@H](O)C(C)(C)C2CC[C@@]1(C)O. The molecule has 0 radical (unpaired) electrons. The van der Waals surface area contributed by atoms with E-state index < -0.39 is 11.2 Å². The second-order valence-corrected chi connectivity index (χ2v) is 9.48. The van der Waals surface area contributed by atoms with E-state index in [0.29, 0.717) is 12.3 Å². The molecule has 2 aliphatic rings. The summed E-state index contributed by atoms with van der Waals surface area (Å²) in [5, 5.41) is 31.9. The van der Waals surface area contributed by atoms with E-state index in [1.807, 2.05) is 6.92 Å². The van der Waals surface area contributed by atoms with Crippen molar-refractivity contribution in [2.75, 3.05) is 0 Å². The van der Waals surface area contributed by atoms with Crippen LogP contribution >= 0.6 is 0 Å². The lowest BCUT2D eigenvalue weighted by molar-refractivity contribution is -0.197. The number of rotatable bonds is 4. The minimum atomic E-state index is -0.886. The number of hydrogen-bond donors (Lipinski definition) is 3. The summed E-state index contributed by atoms with van der Waals surface area (Å²) in [6.45, 7) is 14.1. The van der Waals surface area contributed by atoms with E-state index in [0.717, 1.165) is 32.1 Å². The molecule has 3 heteroatoms. The van der Waals surface area contributed by atoms with E-state index >= 15 is 0 Å². The zero-order valence-corrected chi connectivity index (χ0v) is 15.6. The van der Waals surface area contributed by atoms with Gasteiger partial charge in [-0.1, -0.05) is 26.8 Å². The Balaban J connectivity index is 2.31. The Bertz CT molecular complexity index is 452. The molecule has 134 valence electrons. The molecule has 6 atom stereocenters. The summed E-state index contributed by atoms with van der Waals surface area (Å²) in [4.78, 5) is 0. The predicted molar refractivity (Wildman–Crippen MR) is 94.0 cm³/mol. The van der Waals surface area contributed by atoms with Gasteiger partial charge in [0.25, 0.3) is 0 Å². The Morgan fingerprint density at radius 1 is 1.17 bits per heavy atom. The van der Waals surface area contributed by atoms with Gasteiger partial charge < -0.3 is 15.3 Å². The fourth-order valence-corrected chi connectivity index (χ4v) is 5.70. The van der Waals surface area contributed by atoms with E-state index in [1.54, 1.807) is 13.0 Å². The maximum absolute atomic E-state index is 11.1. The first-order chi connectivity index (χ1) is 10.4. The van der Waals surface area contributed by atoms with Gasteiger partial charge in [0.2, 0.25) is 0 Å². The normalized spacial score (nSPS) is 45.8. The molecular weight excluding hydrogens is 288 g/mol. The third-order valence-corrected chi connectivity index (χ3v) is 7.37. The van der Waals surface area contributed by atoms with Gasteiger partial charge in [-0.2, -0.15) is 0 Å². The van der Waals surface area contributed by atoms with Crippen LogP contribution in [0.2, 0.25) is 0 Å². The first kappa shape index (κ1) is 19.0. The van der Waals surface area contributed by atoms with Crippen LogP contribution in [-0.4, -0.2) is 32.6 Å². The number of aliphatic hydroxyl groups excluding tert-OH is 1. The second kappa shape index (κ2) is 5.86. The smallest absolute Gasteiger partial charge is 0.0797 e. The van der Waals surface area contributed by atoms with Gasteiger partial charge in [-0.3, -0.25) is 0 Å². The summed E-state index contributed by atoms with van der Waals surface area (Å²) in [5.41, 5.74) is -1.71. The lowest BCUT2D eigenvalue weighted by atomic mass is 9.44. The van der Waals surface area contributed by atoms with Crippen LogP contribution in [0, 0.1) is 22.7 Å². The average Bonchev–Trinajstić information content (AvgIpc) is 2.42. The van der Waals surface area contributed by atoms with Gasteiger partial charge >= 0.3 is 0 Å².